The van der Waals surface area contributed by atoms with Gasteiger partial charge in [0.1, 0.15) is 0 Å². The van der Waals surface area contributed by atoms with Gasteiger partial charge in [-0.3, -0.25) is 0 Å². The van der Waals surface area contributed by atoms with Crippen LogP contribution in [-0.2, 0) is 0 Å². The van der Waals surface area contributed by atoms with Crippen LogP contribution in [0.15, 0.2) is 30.3 Å². The average molecular weight is 264 g/mol. The second-order valence-electron chi connectivity index (χ2n) is 4.90. The molecule has 1 unspecified atom stereocenters. The van der Waals surface area contributed by atoms with Crippen molar-refractivity contribution in [3.63, 3.8) is 0 Å². The second-order valence-corrected chi connectivity index (χ2v) is 4.90. The number of rotatable bonds is 10. The van der Waals surface area contributed by atoms with Gasteiger partial charge in [0.15, 0.2) is 0 Å². The molecule has 3 nitrogen and oxygen atoms in total. The van der Waals surface area contributed by atoms with Crippen LogP contribution < -0.4 is 10.2 Å². The SMILES string of the molecule is CCCCN(CCC(CO)NCC)c1ccccc1. The largest absolute Gasteiger partial charge is 0.395 e. The third kappa shape index (κ3) is 6.08. The van der Waals surface area contributed by atoms with Crippen molar-refractivity contribution in [1.82, 2.24) is 5.32 Å². The molecule has 0 bridgehead atoms. The van der Waals surface area contributed by atoms with Gasteiger partial charge in [-0.2, -0.15) is 0 Å². The second kappa shape index (κ2) is 9.82. The fraction of sp³-hybridized carbons (Fsp3) is 0.625. The Morgan fingerprint density at radius 3 is 2.47 bits per heavy atom. The summed E-state index contributed by atoms with van der Waals surface area (Å²) in [6, 6.07) is 10.8. The number of likely N-dealkylation sites (N-methyl/N-ethyl adjacent to an activating group) is 1. The number of benzene rings is 1. The molecule has 0 aliphatic carbocycles. The molecule has 0 heterocycles. The van der Waals surface area contributed by atoms with Crippen molar-refractivity contribution in [2.75, 3.05) is 31.1 Å². The van der Waals surface area contributed by atoms with Gasteiger partial charge in [0.2, 0.25) is 0 Å². The summed E-state index contributed by atoms with van der Waals surface area (Å²) in [4.78, 5) is 2.42. The number of nitrogens with zero attached hydrogens (tertiary/aromatic N) is 1. The van der Waals surface area contributed by atoms with Crippen LogP contribution in [0.25, 0.3) is 0 Å². The van der Waals surface area contributed by atoms with Gasteiger partial charge in [-0.1, -0.05) is 38.5 Å². The fourth-order valence-electron chi connectivity index (χ4n) is 2.22. The molecule has 0 saturated carbocycles. The molecule has 0 aliphatic heterocycles. The van der Waals surface area contributed by atoms with Crippen LogP contribution in [0.2, 0.25) is 0 Å². The van der Waals surface area contributed by atoms with E-state index in [0.717, 1.165) is 26.1 Å². The van der Waals surface area contributed by atoms with Crippen molar-refractivity contribution in [2.45, 2.75) is 39.2 Å². The van der Waals surface area contributed by atoms with Gasteiger partial charge in [0.25, 0.3) is 0 Å². The summed E-state index contributed by atoms with van der Waals surface area (Å²) in [5.74, 6) is 0. The number of para-hydroxylation sites is 1. The number of unbranched alkanes of at least 4 members (excludes halogenated alkanes) is 1. The number of nitrogens with one attached hydrogen (secondary N) is 1. The highest BCUT2D eigenvalue weighted by atomic mass is 16.3. The molecule has 1 atom stereocenters. The van der Waals surface area contributed by atoms with Gasteiger partial charge < -0.3 is 15.3 Å². The zero-order chi connectivity index (χ0) is 13.9. The minimum absolute atomic E-state index is 0.206. The quantitative estimate of drug-likeness (QED) is 0.682. The summed E-state index contributed by atoms with van der Waals surface area (Å²) in [6.45, 7) is 7.50. The highest BCUT2D eigenvalue weighted by molar-refractivity contribution is 5.45. The molecule has 2 N–H and O–H groups in total. The molecule has 0 amide bonds. The number of aliphatic hydroxyl groups excluding tert-OH is 1. The molecule has 1 rings (SSSR count). The maximum atomic E-state index is 9.34. The molecule has 0 aliphatic rings. The standard InChI is InChI=1S/C16H28N2O/c1-3-5-12-18(16-9-7-6-8-10-16)13-11-15(14-19)17-4-2/h6-10,15,17,19H,3-5,11-14H2,1-2H3. The Bertz CT molecular complexity index is 316. The van der Waals surface area contributed by atoms with E-state index in [2.05, 4.69) is 54.4 Å². The summed E-state index contributed by atoms with van der Waals surface area (Å²) in [7, 11) is 0. The summed E-state index contributed by atoms with van der Waals surface area (Å²) >= 11 is 0. The van der Waals surface area contributed by atoms with Crippen LogP contribution in [0, 0.1) is 0 Å². The van der Waals surface area contributed by atoms with Crippen LogP contribution in [0.4, 0.5) is 5.69 Å². The molecule has 0 radical (unpaired) electrons. The minimum Gasteiger partial charge on any atom is -0.395 e. The van der Waals surface area contributed by atoms with E-state index in [1.54, 1.807) is 0 Å². The van der Waals surface area contributed by atoms with Crippen molar-refractivity contribution < 1.29 is 5.11 Å². The van der Waals surface area contributed by atoms with E-state index >= 15 is 0 Å². The third-order valence-corrected chi connectivity index (χ3v) is 3.36. The van der Waals surface area contributed by atoms with Crippen molar-refractivity contribution >= 4 is 5.69 Å². The molecule has 0 aromatic heterocycles. The average Bonchev–Trinajstić information content (AvgIpc) is 2.47. The Labute approximate surface area is 117 Å². The Hall–Kier alpha value is -1.06. The lowest BCUT2D eigenvalue weighted by Crippen LogP contribution is -2.37. The van der Waals surface area contributed by atoms with Crippen LogP contribution in [0.3, 0.4) is 0 Å². The van der Waals surface area contributed by atoms with Crippen molar-refractivity contribution in [1.29, 1.82) is 0 Å². The predicted octanol–water partition coefficient (Wildman–Crippen LogP) is 2.65. The number of hydrogen-bond donors (Lipinski definition) is 2. The molecular weight excluding hydrogens is 236 g/mol. The first-order valence-corrected chi connectivity index (χ1v) is 7.46. The van der Waals surface area contributed by atoms with Gasteiger partial charge in [-0.05, 0) is 31.5 Å². The van der Waals surface area contributed by atoms with Gasteiger partial charge in [-0.15, -0.1) is 0 Å². The lowest BCUT2D eigenvalue weighted by atomic mass is 10.1. The van der Waals surface area contributed by atoms with Gasteiger partial charge in [0.05, 0.1) is 6.61 Å². The maximum absolute atomic E-state index is 9.34. The van der Waals surface area contributed by atoms with Crippen LogP contribution in [0.1, 0.15) is 33.1 Å². The summed E-state index contributed by atoms with van der Waals surface area (Å²) < 4.78 is 0. The minimum atomic E-state index is 0.206. The normalized spacial score (nSPS) is 12.4. The lowest BCUT2D eigenvalue weighted by Gasteiger charge is -2.27. The highest BCUT2D eigenvalue weighted by Gasteiger charge is 2.10. The summed E-state index contributed by atoms with van der Waals surface area (Å²) in [5.41, 5.74) is 1.28. The van der Waals surface area contributed by atoms with E-state index < -0.39 is 0 Å². The molecular formula is C16H28N2O. The van der Waals surface area contributed by atoms with Crippen molar-refractivity contribution in [3.8, 4) is 0 Å². The zero-order valence-corrected chi connectivity index (χ0v) is 12.3. The molecule has 1 aromatic rings. The molecule has 108 valence electrons. The van der Waals surface area contributed by atoms with Crippen LogP contribution in [-0.4, -0.2) is 37.4 Å². The van der Waals surface area contributed by atoms with E-state index in [1.165, 1.54) is 18.5 Å². The first kappa shape index (κ1) is 16.0. The monoisotopic (exact) mass is 264 g/mol. The Morgan fingerprint density at radius 2 is 1.89 bits per heavy atom. The Kier molecular flexibility index (Phi) is 8.26. The smallest absolute Gasteiger partial charge is 0.0585 e. The van der Waals surface area contributed by atoms with Crippen molar-refractivity contribution in [3.05, 3.63) is 30.3 Å². The van der Waals surface area contributed by atoms with Crippen LogP contribution >= 0.6 is 0 Å². The first-order chi connectivity index (χ1) is 9.31. The molecule has 1 aromatic carbocycles. The van der Waals surface area contributed by atoms with E-state index in [-0.39, 0.29) is 12.6 Å². The van der Waals surface area contributed by atoms with Crippen molar-refractivity contribution in [2.24, 2.45) is 0 Å². The van der Waals surface area contributed by atoms with Crippen LogP contribution in [0.5, 0.6) is 0 Å². The maximum Gasteiger partial charge on any atom is 0.0585 e. The number of hydrogen-bond acceptors (Lipinski definition) is 3. The first-order valence-electron chi connectivity index (χ1n) is 7.46. The van der Waals surface area contributed by atoms with Gasteiger partial charge >= 0.3 is 0 Å². The van der Waals surface area contributed by atoms with E-state index in [4.69, 9.17) is 0 Å². The highest BCUT2D eigenvalue weighted by Crippen LogP contribution is 2.15. The third-order valence-electron chi connectivity index (χ3n) is 3.36. The van der Waals surface area contributed by atoms with E-state index in [0.29, 0.717) is 0 Å². The topological polar surface area (TPSA) is 35.5 Å². The zero-order valence-electron chi connectivity index (χ0n) is 12.3. The molecule has 3 heteroatoms. The van der Waals surface area contributed by atoms with Gasteiger partial charge in [-0.25, -0.2) is 0 Å². The number of aliphatic hydroxyl groups is 1. The predicted molar refractivity (Wildman–Crippen MR) is 82.7 cm³/mol. The summed E-state index contributed by atoms with van der Waals surface area (Å²) in [5, 5.41) is 12.7. The molecule has 0 spiro atoms. The lowest BCUT2D eigenvalue weighted by molar-refractivity contribution is 0.238. The molecule has 0 saturated heterocycles. The van der Waals surface area contributed by atoms with E-state index in [1.807, 2.05) is 0 Å². The number of anilines is 1. The fourth-order valence-corrected chi connectivity index (χ4v) is 2.22. The molecule has 19 heavy (non-hydrogen) atoms. The molecule has 0 fully saturated rings. The van der Waals surface area contributed by atoms with E-state index in [9.17, 15) is 5.11 Å². The summed E-state index contributed by atoms with van der Waals surface area (Å²) in [6.07, 6.45) is 3.39. The Balaban J connectivity index is 2.54. The Morgan fingerprint density at radius 1 is 1.16 bits per heavy atom. The van der Waals surface area contributed by atoms with Gasteiger partial charge in [0, 0.05) is 24.8 Å².